The van der Waals surface area contributed by atoms with Crippen molar-refractivity contribution in [3.05, 3.63) is 64.7 Å². The van der Waals surface area contributed by atoms with Gasteiger partial charge in [0.25, 0.3) is 0 Å². The molecule has 0 spiro atoms. The fourth-order valence-electron chi connectivity index (χ4n) is 3.74. The molecule has 0 radical (unpaired) electrons. The Hall–Kier alpha value is -1.80. The zero-order valence-corrected chi connectivity index (χ0v) is 12.3. The molecule has 0 aromatic heterocycles. The largest absolute Gasteiger partial charge is 0.493 e. The smallest absolute Gasteiger partial charge is 0.122 e. The predicted molar refractivity (Wildman–Crippen MR) is 84.6 cm³/mol. The van der Waals surface area contributed by atoms with E-state index in [4.69, 9.17) is 10.5 Å². The van der Waals surface area contributed by atoms with Crippen molar-refractivity contribution >= 4 is 0 Å². The van der Waals surface area contributed by atoms with Crippen LogP contribution in [0.3, 0.4) is 0 Å². The SMILES string of the molecule is NC1(CCc2ccc3c(c2)CCO3)CCc2ccccc21. The third-order valence-corrected chi connectivity index (χ3v) is 5.01. The molecule has 2 nitrogen and oxygen atoms in total. The summed E-state index contributed by atoms with van der Waals surface area (Å²) < 4.78 is 5.57. The summed E-state index contributed by atoms with van der Waals surface area (Å²) in [6.45, 7) is 0.826. The first kappa shape index (κ1) is 12.9. The average Bonchev–Trinajstić information content (AvgIpc) is 3.11. The molecule has 21 heavy (non-hydrogen) atoms. The van der Waals surface area contributed by atoms with Crippen molar-refractivity contribution in [3.8, 4) is 5.75 Å². The van der Waals surface area contributed by atoms with Crippen molar-refractivity contribution in [2.75, 3.05) is 6.61 Å². The van der Waals surface area contributed by atoms with Crippen LogP contribution in [0, 0.1) is 0 Å². The molecule has 1 heterocycles. The van der Waals surface area contributed by atoms with E-state index in [2.05, 4.69) is 42.5 Å². The van der Waals surface area contributed by atoms with Gasteiger partial charge < -0.3 is 10.5 Å². The third-order valence-electron chi connectivity index (χ3n) is 5.01. The molecule has 2 aliphatic rings. The summed E-state index contributed by atoms with van der Waals surface area (Å²) in [4.78, 5) is 0. The molecule has 0 bridgehead atoms. The van der Waals surface area contributed by atoms with Crippen LogP contribution in [0.5, 0.6) is 5.75 Å². The Morgan fingerprint density at radius 1 is 1.05 bits per heavy atom. The second-order valence-corrected chi connectivity index (χ2v) is 6.35. The van der Waals surface area contributed by atoms with Crippen molar-refractivity contribution in [3.63, 3.8) is 0 Å². The lowest BCUT2D eigenvalue weighted by Crippen LogP contribution is -2.34. The van der Waals surface area contributed by atoms with Crippen molar-refractivity contribution < 1.29 is 4.74 Å². The number of aryl methyl sites for hydroxylation is 2. The Bertz CT molecular complexity index is 679. The van der Waals surface area contributed by atoms with Crippen LogP contribution in [0.1, 0.15) is 35.1 Å². The molecule has 2 N–H and O–H groups in total. The average molecular weight is 279 g/mol. The van der Waals surface area contributed by atoms with Gasteiger partial charge >= 0.3 is 0 Å². The maximum absolute atomic E-state index is 6.71. The van der Waals surface area contributed by atoms with Gasteiger partial charge in [0.15, 0.2) is 0 Å². The molecule has 1 atom stereocenters. The molecule has 0 fully saturated rings. The van der Waals surface area contributed by atoms with Crippen LogP contribution in [0.2, 0.25) is 0 Å². The minimum Gasteiger partial charge on any atom is -0.493 e. The van der Waals surface area contributed by atoms with E-state index in [1.54, 1.807) is 0 Å². The van der Waals surface area contributed by atoms with E-state index in [1.165, 1.54) is 22.3 Å². The lowest BCUT2D eigenvalue weighted by atomic mass is 9.86. The van der Waals surface area contributed by atoms with Crippen LogP contribution >= 0.6 is 0 Å². The Morgan fingerprint density at radius 2 is 1.95 bits per heavy atom. The van der Waals surface area contributed by atoms with Crippen LogP contribution in [0.25, 0.3) is 0 Å². The van der Waals surface area contributed by atoms with Crippen LogP contribution in [0.4, 0.5) is 0 Å². The van der Waals surface area contributed by atoms with E-state index >= 15 is 0 Å². The van der Waals surface area contributed by atoms with E-state index in [9.17, 15) is 0 Å². The summed E-state index contributed by atoms with van der Waals surface area (Å²) in [7, 11) is 0. The first-order valence-electron chi connectivity index (χ1n) is 7.86. The summed E-state index contributed by atoms with van der Waals surface area (Å²) in [5.41, 5.74) is 12.1. The standard InChI is InChI=1S/C19H21NO/c20-19(11-8-15-3-1-2-4-17(15)19)10-7-14-5-6-18-16(13-14)9-12-21-18/h1-6,13H,7-12,20H2. The summed E-state index contributed by atoms with van der Waals surface area (Å²) >= 11 is 0. The van der Waals surface area contributed by atoms with Gasteiger partial charge in [0.1, 0.15) is 5.75 Å². The minimum atomic E-state index is -0.147. The molecule has 2 aromatic rings. The molecule has 0 amide bonds. The molecule has 0 saturated carbocycles. The van der Waals surface area contributed by atoms with Crippen molar-refractivity contribution in [2.24, 2.45) is 5.73 Å². The number of benzene rings is 2. The van der Waals surface area contributed by atoms with Gasteiger partial charge in [-0.25, -0.2) is 0 Å². The molecule has 4 rings (SSSR count). The van der Waals surface area contributed by atoms with Gasteiger partial charge in [-0.15, -0.1) is 0 Å². The molecule has 1 aliphatic carbocycles. The lowest BCUT2D eigenvalue weighted by molar-refractivity contribution is 0.356. The second kappa shape index (κ2) is 4.88. The third kappa shape index (κ3) is 2.24. The maximum atomic E-state index is 6.71. The first-order chi connectivity index (χ1) is 10.2. The molecule has 108 valence electrons. The van der Waals surface area contributed by atoms with Gasteiger partial charge in [-0.1, -0.05) is 36.4 Å². The Balaban J connectivity index is 1.52. The van der Waals surface area contributed by atoms with Gasteiger partial charge in [-0.2, -0.15) is 0 Å². The van der Waals surface area contributed by atoms with Gasteiger partial charge in [0.05, 0.1) is 6.61 Å². The summed E-state index contributed by atoms with van der Waals surface area (Å²) in [6, 6.07) is 15.3. The van der Waals surface area contributed by atoms with E-state index in [0.29, 0.717) is 0 Å². The second-order valence-electron chi connectivity index (χ2n) is 6.35. The lowest BCUT2D eigenvalue weighted by Gasteiger charge is -2.25. The van der Waals surface area contributed by atoms with E-state index < -0.39 is 0 Å². The highest BCUT2D eigenvalue weighted by Gasteiger charge is 2.34. The van der Waals surface area contributed by atoms with Crippen LogP contribution in [-0.4, -0.2) is 6.61 Å². The van der Waals surface area contributed by atoms with E-state index in [1.807, 2.05) is 0 Å². The quantitative estimate of drug-likeness (QED) is 0.935. The molecule has 1 unspecified atom stereocenters. The van der Waals surface area contributed by atoms with Crippen molar-refractivity contribution in [2.45, 2.75) is 37.6 Å². The Kier molecular flexibility index (Phi) is 3.00. The Labute approximate surface area is 125 Å². The molecular weight excluding hydrogens is 258 g/mol. The number of nitrogens with two attached hydrogens (primary N) is 1. The number of rotatable bonds is 3. The minimum absolute atomic E-state index is 0.147. The number of hydrogen-bond donors (Lipinski definition) is 1. The van der Waals surface area contributed by atoms with E-state index in [0.717, 1.165) is 44.5 Å². The highest BCUT2D eigenvalue weighted by molar-refractivity contribution is 5.41. The highest BCUT2D eigenvalue weighted by Crippen LogP contribution is 2.38. The fourth-order valence-corrected chi connectivity index (χ4v) is 3.74. The molecule has 0 saturated heterocycles. The fraction of sp³-hybridized carbons (Fsp3) is 0.368. The molecule has 2 heteroatoms. The van der Waals surface area contributed by atoms with Gasteiger partial charge in [-0.3, -0.25) is 0 Å². The molecule has 2 aromatic carbocycles. The topological polar surface area (TPSA) is 35.2 Å². The first-order valence-corrected chi connectivity index (χ1v) is 7.86. The number of ether oxygens (including phenoxy) is 1. The van der Waals surface area contributed by atoms with E-state index in [-0.39, 0.29) is 5.54 Å². The van der Waals surface area contributed by atoms with Crippen LogP contribution < -0.4 is 10.5 Å². The molecule has 1 aliphatic heterocycles. The normalized spacial score (nSPS) is 22.7. The summed E-state index contributed by atoms with van der Waals surface area (Å²) in [5, 5.41) is 0. The number of fused-ring (bicyclic) bond motifs is 2. The highest BCUT2D eigenvalue weighted by atomic mass is 16.5. The number of hydrogen-bond acceptors (Lipinski definition) is 2. The van der Waals surface area contributed by atoms with Gasteiger partial charge in [0, 0.05) is 12.0 Å². The Morgan fingerprint density at radius 3 is 2.90 bits per heavy atom. The maximum Gasteiger partial charge on any atom is 0.122 e. The van der Waals surface area contributed by atoms with Crippen LogP contribution in [0.15, 0.2) is 42.5 Å². The zero-order chi connectivity index (χ0) is 14.3. The van der Waals surface area contributed by atoms with Crippen molar-refractivity contribution in [1.29, 1.82) is 0 Å². The van der Waals surface area contributed by atoms with Gasteiger partial charge in [0.2, 0.25) is 0 Å². The van der Waals surface area contributed by atoms with Gasteiger partial charge in [-0.05, 0) is 54.0 Å². The summed E-state index contributed by atoms with van der Waals surface area (Å²) in [5.74, 6) is 1.06. The van der Waals surface area contributed by atoms with Crippen LogP contribution in [-0.2, 0) is 24.8 Å². The van der Waals surface area contributed by atoms with Crippen molar-refractivity contribution in [1.82, 2.24) is 0 Å². The monoisotopic (exact) mass is 279 g/mol. The predicted octanol–water partition coefficient (Wildman–Crippen LogP) is 3.35. The zero-order valence-electron chi connectivity index (χ0n) is 12.3. The molecular formula is C19H21NO. The summed E-state index contributed by atoms with van der Waals surface area (Å²) in [6.07, 6.45) is 5.28.